The number of amides is 1. The predicted octanol–water partition coefficient (Wildman–Crippen LogP) is 4.43. The van der Waals surface area contributed by atoms with Gasteiger partial charge in [-0.3, -0.25) is 0 Å². The van der Waals surface area contributed by atoms with Crippen LogP contribution in [0, 0.1) is 0 Å². The van der Waals surface area contributed by atoms with Crippen LogP contribution in [0.25, 0.3) is 0 Å². The Balaban J connectivity index is 2.44. The highest BCUT2D eigenvalue weighted by Gasteiger charge is 2.20. The van der Waals surface area contributed by atoms with Gasteiger partial charge in [-0.15, -0.1) is 0 Å². The highest BCUT2D eigenvalue weighted by molar-refractivity contribution is 14.1. The molecular weight excluding hydrogens is 341 g/mol. The van der Waals surface area contributed by atoms with Gasteiger partial charge in [0.05, 0.1) is 7.11 Å². The number of alkyl halides is 1. The van der Waals surface area contributed by atoms with E-state index in [9.17, 15) is 4.79 Å². The molecule has 0 aromatic rings. The van der Waals surface area contributed by atoms with Crippen LogP contribution in [-0.2, 0) is 4.74 Å². The molecule has 0 radical (unpaired) electrons. The third-order valence-corrected chi connectivity index (χ3v) is 5.16. The van der Waals surface area contributed by atoms with E-state index in [0.29, 0.717) is 3.92 Å². The molecule has 0 aromatic carbocycles. The van der Waals surface area contributed by atoms with E-state index in [2.05, 4.69) is 27.9 Å². The molecule has 0 spiro atoms. The Hall–Kier alpha value is 0. The van der Waals surface area contributed by atoms with Gasteiger partial charge in [-0.25, -0.2) is 4.79 Å². The van der Waals surface area contributed by atoms with Gasteiger partial charge >= 0.3 is 6.09 Å². The molecule has 0 aliphatic heterocycles. The minimum atomic E-state index is -0.284. The van der Waals surface area contributed by atoms with Crippen molar-refractivity contribution in [2.75, 3.05) is 7.11 Å². The monoisotopic (exact) mass is 367 g/mol. The lowest BCUT2D eigenvalue weighted by molar-refractivity contribution is 0.165. The molecule has 2 atom stereocenters. The third-order valence-electron chi connectivity index (χ3n) is 3.67. The fourth-order valence-corrected chi connectivity index (χ4v) is 3.50. The zero-order chi connectivity index (χ0) is 13.2. The average Bonchev–Trinajstić information content (AvgIpc) is 2.37. The topological polar surface area (TPSA) is 38.3 Å². The Kier molecular flexibility index (Phi) is 8.80. The van der Waals surface area contributed by atoms with Crippen LogP contribution in [0.3, 0.4) is 0 Å². The maximum atomic E-state index is 11.4. The first-order valence-electron chi connectivity index (χ1n) is 7.22. The number of halogens is 1. The minimum Gasteiger partial charge on any atom is -0.453 e. The van der Waals surface area contributed by atoms with E-state index >= 15 is 0 Å². The highest BCUT2D eigenvalue weighted by atomic mass is 127. The van der Waals surface area contributed by atoms with Crippen molar-refractivity contribution >= 4 is 28.7 Å². The summed E-state index contributed by atoms with van der Waals surface area (Å²) in [5.74, 6) is 0. The number of nitrogens with one attached hydrogen (secondary N) is 1. The summed E-state index contributed by atoms with van der Waals surface area (Å²) in [6.07, 6.45) is 12.6. The van der Waals surface area contributed by atoms with Gasteiger partial charge < -0.3 is 10.1 Å². The van der Waals surface area contributed by atoms with Crippen molar-refractivity contribution < 1.29 is 9.53 Å². The zero-order valence-electron chi connectivity index (χ0n) is 11.4. The van der Waals surface area contributed by atoms with Crippen molar-refractivity contribution in [3.63, 3.8) is 0 Å². The number of rotatable bonds is 1. The van der Waals surface area contributed by atoms with Crippen molar-refractivity contribution in [3.8, 4) is 0 Å². The first kappa shape index (κ1) is 16.1. The van der Waals surface area contributed by atoms with Crippen molar-refractivity contribution in [1.82, 2.24) is 5.32 Å². The molecule has 18 heavy (non-hydrogen) atoms. The lowest BCUT2D eigenvalue weighted by Gasteiger charge is -2.24. The third kappa shape index (κ3) is 6.81. The predicted molar refractivity (Wildman–Crippen MR) is 83.3 cm³/mol. The number of carbonyl (C=O) groups excluding carboxylic acids is 1. The molecule has 0 heterocycles. The van der Waals surface area contributed by atoms with Crippen molar-refractivity contribution in [2.24, 2.45) is 0 Å². The maximum absolute atomic E-state index is 11.4. The molecule has 4 heteroatoms. The summed E-state index contributed by atoms with van der Waals surface area (Å²) in [4.78, 5) is 11.4. The molecule has 0 bridgehead atoms. The van der Waals surface area contributed by atoms with Crippen LogP contribution in [0.5, 0.6) is 0 Å². The van der Waals surface area contributed by atoms with E-state index in [4.69, 9.17) is 4.74 Å². The van der Waals surface area contributed by atoms with E-state index in [1.807, 2.05) is 0 Å². The summed E-state index contributed by atoms with van der Waals surface area (Å²) >= 11 is 2.49. The van der Waals surface area contributed by atoms with E-state index in [0.717, 1.165) is 6.42 Å². The molecular formula is C14H26INO2. The second-order valence-electron chi connectivity index (χ2n) is 5.16. The smallest absolute Gasteiger partial charge is 0.407 e. The van der Waals surface area contributed by atoms with Gasteiger partial charge in [0.2, 0.25) is 0 Å². The number of methoxy groups -OCH3 is 1. The molecule has 0 saturated heterocycles. The van der Waals surface area contributed by atoms with Gasteiger partial charge in [-0.05, 0) is 12.8 Å². The molecule has 0 aromatic heterocycles. The van der Waals surface area contributed by atoms with E-state index in [1.54, 1.807) is 0 Å². The van der Waals surface area contributed by atoms with Crippen molar-refractivity contribution in [3.05, 3.63) is 0 Å². The molecule has 1 N–H and O–H groups in total. The second-order valence-corrected chi connectivity index (χ2v) is 6.76. The van der Waals surface area contributed by atoms with E-state index < -0.39 is 0 Å². The second kappa shape index (κ2) is 9.87. The normalized spacial score (nSPS) is 27.7. The molecule has 106 valence electrons. The lowest BCUT2D eigenvalue weighted by atomic mass is 9.98. The summed E-state index contributed by atoms with van der Waals surface area (Å²) < 4.78 is 5.25. The summed E-state index contributed by atoms with van der Waals surface area (Å²) in [7, 11) is 1.44. The van der Waals surface area contributed by atoms with Crippen LogP contribution < -0.4 is 5.32 Å². The number of hydrogen-bond donors (Lipinski definition) is 1. The van der Waals surface area contributed by atoms with Gasteiger partial charge in [-0.2, -0.15) is 0 Å². The van der Waals surface area contributed by atoms with E-state index in [-0.39, 0.29) is 12.1 Å². The summed E-state index contributed by atoms with van der Waals surface area (Å²) in [5.41, 5.74) is 0. The first-order chi connectivity index (χ1) is 8.74. The van der Waals surface area contributed by atoms with Crippen LogP contribution in [0.15, 0.2) is 0 Å². The Morgan fingerprint density at radius 1 is 1.00 bits per heavy atom. The largest absolute Gasteiger partial charge is 0.453 e. The number of alkyl carbamates (subject to hydrolysis) is 1. The van der Waals surface area contributed by atoms with Crippen LogP contribution >= 0.6 is 22.6 Å². The molecule has 1 amide bonds. The van der Waals surface area contributed by atoms with E-state index in [1.165, 1.54) is 64.9 Å². The Labute approximate surface area is 125 Å². The van der Waals surface area contributed by atoms with Gasteiger partial charge in [0.25, 0.3) is 0 Å². The standard InChI is InChI=1S/C14H26INO2/c1-18-14(17)16-13-11-9-7-5-3-2-4-6-8-10-12(13)15/h12-13H,2-11H2,1H3,(H,16,17)/t12-,13+/m1/s1. The van der Waals surface area contributed by atoms with Crippen LogP contribution in [0.4, 0.5) is 4.79 Å². The highest BCUT2D eigenvalue weighted by Crippen LogP contribution is 2.22. The summed E-state index contributed by atoms with van der Waals surface area (Å²) in [6.45, 7) is 0. The summed E-state index contributed by atoms with van der Waals surface area (Å²) in [5, 5.41) is 3.00. The van der Waals surface area contributed by atoms with Crippen molar-refractivity contribution in [1.29, 1.82) is 0 Å². The Bertz CT molecular complexity index is 236. The summed E-state index contributed by atoms with van der Waals surface area (Å²) in [6, 6.07) is 0.275. The van der Waals surface area contributed by atoms with Gasteiger partial charge in [0.1, 0.15) is 0 Å². The SMILES string of the molecule is COC(=O)N[C@H]1CCCCCCCCCC[C@H]1I. The fourth-order valence-electron chi connectivity index (χ4n) is 2.52. The molecule has 1 fully saturated rings. The van der Waals surface area contributed by atoms with Gasteiger partial charge in [-0.1, -0.05) is 74.0 Å². The Morgan fingerprint density at radius 2 is 1.50 bits per heavy atom. The molecule has 3 nitrogen and oxygen atoms in total. The van der Waals surface area contributed by atoms with Gasteiger partial charge in [0, 0.05) is 9.97 Å². The van der Waals surface area contributed by atoms with Crippen LogP contribution in [0.2, 0.25) is 0 Å². The molecule has 0 unspecified atom stereocenters. The average molecular weight is 367 g/mol. The molecule has 1 rings (SSSR count). The number of carbonyl (C=O) groups is 1. The number of hydrogen-bond acceptors (Lipinski definition) is 2. The maximum Gasteiger partial charge on any atom is 0.407 e. The zero-order valence-corrected chi connectivity index (χ0v) is 13.6. The van der Waals surface area contributed by atoms with Crippen LogP contribution in [-0.4, -0.2) is 23.2 Å². The molecule has 1 aliphatic rings. The molecule has 1 saturated carbocycles. The first-order valence-corrected chi connectivity index (χ1v) is 8.47. The molecule has 1 aliphatic carbocycles. The lowest BCUT2D eigenvalue weighted by Crippen LogP contribution is -2.40. The minimum absolute atomic E-state index is 0.275. The van der Waals surface area contributed by atoms with Crippen molar-refractivity contribution in [2.45, 2.75) is 74.2 Å². The number of ether oxygens (including phenoxy) is 1. The quantitative estimate of drug-likeness (QED) is 0.550. The fraction of sp³-hybridized carbons (Fsp3) is 0.929. The van der Waals surface area contributed by atoms with Crippen LogP contribution in [0.1, 0.15) is 64.2 Å². The van der Waals surface area contributed by atoms with Gasteiger partial charge in [0.15, 0.2) is 0 Å². The Morgan fingerprint density at radius 3 is 2.06 bits per heavy atom.